The molecule has 6 nitrogen and oxygen atoms in total. The van der Waals surface area contributed by atoms with Gasteiger partial charge < -0.3 is 20.1 Å². The fraction of sp³-hybridized carbons (Fsp3) is 0.500. The van der Waals surface area contributed by atoms with Crippen LogP contribution in [0.1, 0.15) is 19.3 Å². The molecule has 7 heteroatoms. The predicted molar refractivity (Wildman–Crippen MR) is 88.7 cm³/mol. The summed E-state index contributed by atoms with van der Waals surface area (Å²) in [4.78, 5) is 25.8. The third kappa shape index (κ3) is 2.78. The van der Waals surface area contributed by atoms with Crippen molar-refractivity contribution in [3.63, 3.8) is 0 Å². The van der Waals surface area contributed by atoms with Gasteiger partial charge in [-0.2, -0.15) is 0 Å². The first-order valence-electron chi connectivity index (χ1n) is 7.59. The Morgan fingerprint density at radius 3 is 2.91 bits per heavy atom. The van der Waals surface area contributed by atoms with E-state index in [0.717, 1.165) is 17.3 Å². The molecule has 1 heterocycles. The van der Waals surface area contributed by atoms with Crippen LogP contribution in [0.4, 0.5) is 10.5 Å². The molecule has 2 N–H and O–H groups in total. The lowest BCUT2D eigenvalue weighted by Gasteiger charge is -2.23. The molecule has 2 fully saturated rings. The maximum Gasteiger partial charge on any atom is 0.321 e. The summed E-state index contributed by atoms with van der Waals surface area (Å²) in [6.07, 6.45) is 2.44. The van der Waals surface area contributed by atoms with E-state index in [0.29, 0.717) is 24.4 Å². The third-order valence-corrected chi connectivity index (χ3v) is 5.48. The molecule has 1 saturated carbocycles. The van der Waals surface area contributed by atoms with Gasteiger partial charge in [0, 0.05) is 17.6 Å². The van der Waals surface area contributed by atoms with E-state index < -0.39 is 11.4 Å². The lowest BCUT2D eigenvalue weighted by molar-refractivity contribution is -0.149. The van der Waals surface area contributed by atoms with Crippen LogP contribution in [0.2, 0.25) is 0 Å². The lowest BCUT2D eigenvalue weighted by atomic mass is 9.81. The van der Waals surface area contributed by atoms with Crippen molar-refractivity contribution < 1.29 is 19.4 Å². The van der Waals surface area contributed by atoms with Crippen molar-refractivity contribution in [2.45, 2.75) is 19.3 Å². The van der Waals surface area contributed by atoms with Gasteiger partial charge in [-0.25, -0.2) is 4.79 Å². The Morgan fingerprint density at radius 2 is 2.26 bits per heavy atom. The first-order valence-corrected chi connectivity index (χ1v) is 8.38. The minimum absolute atomic E-state index is 0.0511. The largest absolute Gasteiger partial charge is 0.495 e. The number of nitrogens with zero attached hydrogens (tertiary/aromatic N) is 1. The van der Waals surface area contributed by atoms with Crippen LogP contribution >= 0.6 is 15.9 Å². The fourth-order valence-corrected chi connectivity index (χ4v) is 4.13. The number of carbonyl (C=O) groups excluding carboxylic acids is 1. The van der Waals surface area contributed by atoms with Crippen LogP contribution in [-0.2, 0) is 4.79 Å². The van der Waals surface area contributed by atoms with Gasteiger partial charge in [-0.1, -0.05) is 22.4 Å². The molecule has 0 aromatic heterocycles. The molecule has 0 radical (unpaired) electrons. The molecule has 3 rings (SSSR count). The molecule has 1 aromatic rings. The number of hydrogen-bond acceptors (Lipinski definition) is 3. The number of ether oxygens (including phenoxy) is 1. The molecule has 2 aliphatic rings. The molecule has 0 unspecified atom stereocenters. The van der Waals surface area contributed by atoms with Gasteiger partial charge in [0.1, 0.15) is 5.75 Å². The first kappa shape index (κ1) is 16.1. The standard InChI is InChI=1S/C16H19BrN2O4/c1-23-13-5-4-11(17)7-12(13)18-15(22)19-8-10-3-2-6-16(10,9-19)14(20)21/h4-5,7,10H,2-3,6,8-9H2,1H3,(H,18,22)(H,20,21)/t10-,16+/m0/s1. The molecular formula is C16H19BrN2O4. The Balaban J connectivity index is 1.76. The second kappa shape index (κ2) is 6.03. The van der Waals surface area contributed by atoms with E-state index in [2.05, 4.69) is 21.2 Å². The number of halogens is 1. The van der Waals surface area contributed by atoms with Crippen molar-refractivity contribution in [2.75, 3.05) is 25.5 Å². The topological polar surface area (TPSA) is 78.9 Å². The van der Waals surface area contributed by atoms with Crippen LogP contribution in [0.3, 0.4) is 0 Å². The molecule has 23 heavy (non-hydrogen) atoms. The van der Waals surface area contributed by atoms with Crippen molar-refractivity contribution in [2.24, 2.45) is 11.3 Å². The van der Waals surface area contributed by atoms with Crippen molar-refractivity contribution >= 4 is 33.6 Å². The summed E-state index contributed by atoms with van der Waals surface area (Å²) >= 11 is 3.37. The number of hydrogen-bond donors (Lipinski definition) is 2. The number of methoxy groups -OCH3 is 1. The molecular weight excluding hydrogens is 364 g/mol. The molecule has 2 atom stereocenters. The molecule has 0 spiro atoms. The molecule has 0 bridgehead atoms. The van der Waals surface area contributed by atoms with E-state index in [-0.39, 0.29) is 18.5 Å². The third-order valence-electron chi connectivity index (χ3n) is 4.99. The zero-order valence-corrected chi connectivity index (χ0v) is 14.4. The number of benzene rings is 1. The number of rotatable bonds is 3. The summed E-state index contributed by atoms with van der Waals surface area (Å²) in [5.74, 6) is -0.167. The second-order valence-corrected chi connectivity index (χ2v) is 7.12. The van der Waals surface area contributed by atoms with Crippen LogP contribution in [0.25, 0.3) is 0 Å². The Labute approximate surface area is 142 Å². The summed E-state index contributed by atoms with van der Waals surface area (Å²) in [6.45, 7) is 0.767. The molecule has 1 aliphatic heterocycles. The van der Waals surface area contributed by atoms with Crippen molar-refractivity contribution in [3.8, 4) is 5.75 Å². The quantitative estimate of drug-likeness (QED) is 0.841. The van der Waals surface area contributed by atoms with Crippen molar-refractivity contribution in [1.82, 2.24) is 4.90 Å². The van der Waals surface area contributed by atoms with Gasteiger partial charge in [0.05, 0.1) is 18.2 Å². The molecule has 124 valence electrons. The van der Waals surface area contributed by atoms with Gasteiger partial charge in [0.25, 0.3) is 0 Å². The molecule has 1 saturated heterocycles. The number of amides is 2. The van der Waals surface area contributed by atoms with Gasteiger partial charge >= 0.3 is 12.0 Å². The predicted octanol–water partition coefficient (Wildman–Crippen LogP) is 3.18. The fourth-order valence-electron chi connectivity index (χ4n) is 3.77. The maximum atomic E-state index is 12.5. The number of carbonyl (C=O) groups is 2. The van der Waals surface area contributed by atoms with Crippen LogP contribution < -0.4 is 10.1 Å². The molecule has 2 amide bonds. The van der Waals surface area contributed by atoms with E-state index in [1.54, 1.807) is 24.1 Å². The van der Waals surface area contributed by atoms with Crippen LogP contribution in [-0.4, -0.2) is 42.2 Å². The highest BCUT2D eigenvalue weighted by Crippen LogP contribution is 2.49. The number of carboxylic acid groups (broad SMARTS) is 1. The minimum Gasteiger partial charge on any atom is -0.495 e. The Morgan fingerprint density at radius 1 is 1.48 bits per heavy atom. The number of likely N-dealkylation sites (tertiary alicyclic amines) is 1. The smallest absolute Gasteiger partial charge is 0.321 e. The normalized spacial score (nSPS) is 26.0. The van der Waals surface area contributed by atoms with Gasteiger partial charge in [0.2, 0.25) is 0 Å². The van der Waals surface area contributed by atoms with E-state index >= 15 is 0 Å². The highest BCUT2D eigenvalue weighted by atomic mass is 79.9. The number of carboxylic acids is 1. The molecule has 1 aliphatic carbocycles. The SMILES string of the molecule is COc1ccc(Br)cc1NC(=O)N1C[C@@H]2CCC[C@@]2(C(=O)O)C1. The van der Waals surface area contributed by atoms with Gasteiger partial charge in [0.15, 0.2) is 0 Å². The van der Waals surface area contributed by atoms with E-state index in [1.807, 2.05) is 6.07 Å². The Bertz CT molecular complexity index is 651. The van der Waals surface area contributed by atoms with Gasteiger partial charge in [-0.05, 0) is 37.0 Å². The number of nitrogens with one attached hydrogen (secondary N) is 1. The summed E-state index contributed by atoms with van der Waals surface area (Å²) in [6, 6.07) is 5.07. The second-order valence-electron chi connectivity index (χ2n) is 6.21. The number of fused-ring (bicyclic) bond motifs is 1. The number of aliphatic carboxylic acids is 1. The van der Waals surface area contributed by atoms with Gasteiger partial charge in [-0.3, -0.25) is 4.79 Å². The number of urea groups is 1. The highest BCUT2D eigenvalue weighted by molar-refractivity contribution is 9.10. The monoisotopic (exact) mass is 382 g/mol. The average Bonchev–Trinajstić information content (AvgIpc) is 3.05. The highest BCUT2D eigenvalue weighted by Gasteiger charge is 2.55. The van der Waals surface area contributed by atoms with Crippen LogP contribution in [0.15, 0.2) is 22.7 Å². The summed E-state index contributed by atoms with van der Waals surface area (Å²) in [7, 11) is 1.54. The average molecular weight is 383 g/mol. The van der Waals surface area contributed by atoms with Gasteiger partial charge in [-0.15, -0.1) is 0 Å². The van der Waals surface area contributed by atoms with Crippen LogP contribution in [0, 0.1) is 11.3 Å². The number of anilines is 1. The zero-order chi connectivity index (χ0) is 16.6. The maximum absolute atomic E-state index is 12.5. The summed E-state index contributed by atoms with van der Waals surface area (Å²) in [5.41, 5.74) is -0.202. The Kier molecular flexibility index (Phi) is 4.23. The van der Waals surface area contributed by atoms with E-state index in [4.69, 9.17) is 4.74 Å². The molecule has 1 aromatic carbocycles. The lowest BCUT2D eigenvalue weighted by Crippen LogP contribution is -2.38. The zero-order valence-electron chi connectivity index (χ0n) is 12.8. The summed E-state index contributed by atoms with van der Waals surface area (Å²) in [5, 5.41) is 12.4. The minimum atomic E-state index is -0.782. The van der Waals surface area contributed by atoms with Crippen molar-refractivity contribution in [1.29, 1.82) is 0 Å². The Hall–Kier alpha value is -1.76. The van der Waals surface area contributed by atoms with Crippen molar-refractivity contribution in [3.05, 3.63) is 22.7 Å². The van der Waals surface area contributed by atoms with E-state index in [9.17, 15) is 14.7 Å². The first-order chi connectivity index (χ1) is 11.0. The summed E-state index contributed by atoms with van der Waals surface area (Å²) < 4.78 is 6.08. The van der Waals surface area contributed by atoms with Crippen LogP contribution in [0.5, 0.6) is 5.75 Å². The van der Waals surface area contributed by atoms with E-state index in [1.165, 1.54) is 0 Å².